The molecule has 0 atom stereocenters. The van der Waals surface area contributed by atoms with Gasteiger partial charge in [0.25, 0.3) is 0 Å². The maximum atomic E-state index is 6.20. The van der Waals surface area contributed by atoms with Crippen molar-refractivity contribution in [1.29, 1.82) is 0 Å². The molecular weight excluding hydrogens is 348 g/mol. The lowest BCUT2D eigenvalue weighted by molar-refractivity contribution is 0.630. The predicted octanol–water partition coefficient (Wildman–Crippen LogP) is 6.46. The zero-order chi connectivity index (χ0) is 18.5. The number of hydrogen-bond donors (Lipinski definition) is 0. The summed E-state index contributed by atoms with van der Waals surface area (Å²) < 4.78 is 12.4. The summed E-state index contributed by atoms with van der Waals surface area (Å²) in [6.07, 6.45) is 1.57. The van der Waals surface area contributed by atoms with Crippen LogP contribution >= 0.6 is 0 Å². The second kappa shape index (κ2) is 5.79. The van der Waals surface area contributed by atoms with Gasteiger partial charge in [0, 0.05) is 28.0 Å². The zero-order valence-corrected chi connectivity index (χ0v) is 14.8. The number of benzene rings is 3. The summed E-state index contributed by atoms with van der Waals surface area (Å²) in [5.74, 6) is 0.772. The van der Waals surface area contributed by atoms with Crippen molar-refractivity contribution in [3.05, 3.63) is 85.2 Å². The average molecular weight is 362 g/mol. The predicted molar refractivity (Wildman–Crippen MR) is 110 cm³/mol. The first-order chi connectivity index (χ1) is 13.9. The van der Waals surface area contributed by atoms with Gasteiger partial charge in [-0.15, -0.1) is 0 Å². The van der Waals surface area contributed by atoms with Crippen LogP contribution in [-0.2, 0) is 0 Å². The summed E-state index contributed by atoms with van der Waals surface area (Å²) in [6, 6.07) is 26.1. The SMILES string of the molecule is c1ccc(-c2cc3ncnc(-c4cccc5c4oc4ccccc45)c3o2)cc1. The van der Waals surface area contributed by atoms with Crippen LogP contribution in [0.3, 0.4) is 0 Å². The Kier molecular flexibility index (Phi) is 3.14. The summed E-state index contributed by atoms with van der Waals surface area (Å²) in [7, 11) is 0. The van der Waals surface area contributed by atoms with Gasteiger partial charge in [0.15, 0.2) is 5.58 Å². The first-order valence-corrected chi connectivity index (χ1v) is 9.09. The molecule has 0 aliphatic rings. The van der Waals surface area contributed by atoms with E-state index in [0.29, 0.717) is 5.58 Å². The average Bonchev–Trinajstić information content (AvgIpc) is 3.36. The van der Waals surface area contributed by atoms with E-state index in [1.54, 1.807) is 6.33 Å². The molecule has 3 heterocycles. The van der Waals surface area contributed by atoms with Crippen molar-refractivity contribution < 1.29 is 8.83 Å². The molecular formula is C24H14N2O2. The van der Waals surface area contributed by atoms with Crippen LogP contribution in [0.25, 0.3) is 55.6 Å². The molecule has 0 fully saturated rings. The molecule has 132 valence electrons. The van der Waals surface area contributed by atoms with Crippen LogP contribution in [0.1, 0.15) is 0 Å². The third kappa shape index (κ3) is 2.18. The largest absolute Gasteiger partial charge is 0.455 e. The molecule has 6 aromatic rings. The number of aromatic nitrogens is 2. The molecule has 28 heavy (non-hydrogen) atoms. The number of fused-ring (bicyclic) bond motifs is 4. The van der Waals surface area contributed by atoms with Crippen molar-refractivity contribution in [2.45, 2.75) is 0 Å². The molecule has 0 spiro atoms. The smallest absolute Gasteiger partial charge is 0.179 e. The van der Waals surface area contributed by atoms with Gasteiger partial charge in [0.05, 0.1) is 0 Å². The van der Waals surface area contributed by atoms with E-state index < -0.39 is 0 Å². The van der Waals surface area contributed by atoms with Crippen molar-refractivity contribution >= 4 is 33.0 Å². The van der Waals surface area contributed by atoms with Crippen LogP contribution in [0, 0.1) is 0 Å². The standard InChI is InChI=1S/C24H14N2O2/c1-2-7-15(8-3-1)21-13-19-24(28-21)22(26-14-25-19)18-11-6-10-17-16-9-4-5-12-20(16)27-23(17)18/h1-14H. The van der Waals surface area contributed by atoms with E-state index >= 15 is 0 Å². The number of hydrogen-bond acceptors (Lipinski definition) is 4. The molecule has 0 saturated heterocycles. The molecule has 0 aliphatic heterocycles. The summed E-state index contributed by atoms with van der Waals surface area (Å²) in [4.78, 5) is 8.94. The molecule has 0 saturated carbocycles. The summed E-state index contributed by atoms with van der Waals surface area (Å²) >= 11 is 0. The van der Waals surface area contributed by atoms with Gasteiger partial charge in [-0.1, -0.05) is 60.7 Å². The Hall–Kier alpha value is -3.92. The van der Waals surface area contributed by atoms with E-state index in [1.165, 1.54) is 0 Å². The molecule has 0 unspecified atom stereocenters. The van der Waals surface area contributed by atoms with Gasteiger partial charge in [0.2, 0.25) is 0 Å². The summed E-state index contributed by atoms with van der Waals surface area (Å²) in [5, 5.41) is 2.16. The number of furan rings is 2. The number of rotatable bonds is 2. The van der Waals surface area contributed by atoms with Crippen molar-refractivity contribution in [2.75, 3.05) is 0 Å². The lowest BCUT2D eigenvalue weighted by Crippen LogP contribution is -1.86. The molecule has 0 amide bonds. The highest BCUT2D eigenvalue weighted by Gasteiger charge is 2.18. The van der Waals surface area contributed by atoms with Crippen molar-refractivity contribution in [3.8, 4) is 22.6 Å². The first kappa shape index (κ1) is 15.2. The fraction of sp³-hybridized carbons (Fsp3) is 0. The minimum atomic E-state index is 0.661. The van der Waals surface area contributed by atoms with E-state index in [2.05, 4.69) is 22.1 Å². The fourth-order valence-electron chi connectivity index (χ4n) is 3.72. The number of para-hydroxylation sites is 2. The van der Waals surface area contributed by atoms with Crippen LogP contribution in [0.5, 0.6) is 0 Å². The van der Waals surface area contributed by atoms with E-state index in [-0.39, 0.29) is 0 Å². The Labute approximate surface area is 160 Å². The summed E-state index contributed by atoms with van der Waals surface area (Å²) in [6.45, 7) is 0. The molecule has 3 aromatic heterocycles. The van der Waals surface area contributed by atoms with Crippen LogP contribution in [0.15, 0.2) is 94.0 Å². The highest BCUT2D eigenvalue weighted by molar-refractivity contribution is 6.10. The third-order valence-corrected chi connectivity index (χ3v) is 5.03. The molecule has 0 N–H and O–H groups in total. The molecule has 0 aliphatic carbocycles. The van der Waals surface area contributed by atoms with Gasteiger partial charge < -0.3 is 8.83 Å². The highest BCUT2D eigenvalue weighted by atomic mass is 16.3. The topological polar surface area (TPSA) is 52.1 Å². The maximum Gasteiger partial charge on any atom is 0.179 e. The quantitative estimate of drug-likeness (QED) is 0.355. The van der Waals surface area contributed by atoms with Gasteiger partial charge in [-0.3, -0.25) is 0 Å². The first-order valence-electron chi connectivity index (χ1n) is 9.09. The Bertz CT molecular complexity index is 1460. The Morgan fingerprint density at radius 3 is 2.39 bits per heavy atom. The van der Waals surface area contributed by atoms with Gasteiger partial charge in [-0.05, 0) is 12.1 Å². The molecule has 0 bridgehead atoms. The molecule has 6 rings (SSSR count). The van der Waals surface area contributed by atoms with Gasteiger partial charge in [0.1, 0.15) is 34.5 Å². The third-order valence-electron chi connectivity index (χ3n) is 5.03. The minimum absolute atomic E-state index is 0.661. The van der Waals surface area contributed by atoms with E-state index in [4.69, 9.17) is 8.83 Å². The van der Waals surface area contributed by atoms with E-state index in [1.807, 2.05) is 66.7 Å². The lowest BCUT2D eigenvalue weighted by atomic mass is 10.1. The van der Waals surface area contributed by atoms with Crippen molar-refractivity contribution in [3.63, 3.8) is 0 Å². The van der Waals surface area contributed by atoms with E-state index in [0.717, 1.165) is 50.0 Å². The Balaban J connectivity index is 1.64. The van der Waals surface area contributed by atoms with Crippen LogP contribution in [-0.4, -0.2) is 9.97 Å². The Morgan fingerprint density at radius 2 is 1.46 bits per heavy atom. The van der Waals surface area contributed by atoms with Gasteiger partial charge in [-0.25, -0.2) is 9.97 Å². The summed E-state index contributed by atoms with van der Waals surface area (Å²) in [5.41, 5.74) is 5.74. The van der Waals surface area contributed by atoms with Gasteiger partial charge >= 0.3 is 0 Å². The van der Waals surface area contributed by atoms with Crippen molar-refractivity contribution in [2.24, 2.45) is 0 Å². The number of nitrogens with zero attached hydrogens (tertiary/aromatic N) is 2. The highest BCUT2D eigenvalue weighted by Crippen LogP contribution is 2.38. The fourth-order valence-corrected chi connectivity index (χ4v) is 3.72. The van der Waals surface area contributed by atoms with Crippen LogP contribution in [0.2, 0.25) is 0 Å². The zero-order valence-electron chi connectivity index (χ0n) is 14.8. The van der Waals surface area contributed by atoms with Crippen LogP contribution in [0.4, 0.5) is 0 Å². The lowest BCUT2D eigenvalue weighted by Gasteiger charge is -2.02. The van der Waals surface area contributed by atoms with Gasteiger partial charge in [-0.2, -0.15) is 0 Å². The second-order valence-electron chi connectivity index (χ2n) is 6.69. The van der Waals surface area contributed by atoms with Crippen molar-refractivity contribution in [1.82, 2.24) is 9.97 Å². The Morgan fingerprint density at radius 1 is 0.643 bits per heavy atom. The molecule has 4 heteroatoms. The second-order valence-corrected chi connectivity index (χ2v) is 6.69. The maximum absolute atomic E-state index is 6.20. The minimum Gasteiger partial charge on any atom is -0.455 e. The molecule has 3 aromatic carbocycles. The van der Waals surface area contributed by atoms with E-state index in [9.17, 15) is 0 Å². The van der Waals surface area contributed by atoms with Crippen LogP contribution < -0.4 is 0 Å². The monoisotopic (exact) mass is 362 g/mol. The molecule has 4 nitrogen and oxygen atoms in total. The normalized spacial score (nSPS) is 11.6. The molecule has 0 radical (unpaired) electrons.